The molecule has 1 aliphatic rings. The molecule has 0 spiro atoms. The zero-order valence-electron chi connectivity index (χ0n) is 22.2. The van der Waals surface area contributed by atoms with Gasteiger partial charge in [-0.2, -0.15) is 0 Å². The number of carbonyl (C=O) groups is 2. The van der Waals surface area contributed by atoms with Crippen molar-refractivity contribution in [1.29, 1.82) is 0 Å². The topological polar surface area (TPSA) is 61.8 Å². The molecular formula is C29H40O5Si. The molecule has 0 aromatic heterocycles. The van der Waals surface area contributed by atoms with Gasteiger partial charge in [-0.3, -0.25) is 9.59 Å². The number of ether oxygens (including phenoxy) is 2. The predicted molar refractivity (Wildman–Crippen MR) is 141 cm³/mol. The summed E-state index contributed by atoms with van der Waals surface area (Å²) in [6.07, 6.45) is 1.46. The van der Waals surface area contributed by atoms with Crippen LogP contribution >= 0.6 is 0 Å². The minimum atomic E-state index is -2.77. The Labute approximate surface area is 211 Å². The Hall–Kier alpha value is -2.44. The van der Waals surface area contributed by atoms with Crippen molar-refractivity contribution in [3.63, 3.8) is 0 Å². The Balaban J connectivity index is 2.00. The number of benzene rings is 2. The first kappa shape index (κ1) is 27.1. The van der Waals surface area contributed by atoms with E-state index < -0.39 is 25.8 Å². The SMILES string of the molecule is COC(=O)[C@H]1C[C@@H](O[Si](c2ccccc2)(c2ccccc2)C(C)(C)C)CC[C@H]1C(=O)OC(C)(C)C. The molecule has 0 N–H and O–H groups in total. The van der Waals surface area contributed by atoms with Crippen LogP contribution in [0.15, 0.2) is 60.7 Å². The molecule has 1 saturated carbocycles. The van der Waals surface area contributed by atoms with E-state index >= 15 is 0 Å². The van der Waals surface area contributed by atoms with E-state index in [1.807, 2.05) is 32.9 Å². The molecule has 3 atom stereocenters. The Bertz CT molecular complexity index is 952. The summed E-state index contributed by atoms with van der Waals surface area (Å²) in [6.45, 7) is 12.2. The number of rotatable bonds is 6. The second-order valence-electron chi connectivity index (χ2n) is 11.5. The highest BCUT2D eigenvalue weighted by Crippen LogP contribution is 2.41. The second kappa shape index (κ2) is 10.7. The van der Waals surface area contributed by atoms with E-state index in [4.69, 9.17) is 13.9 Å². The van der Waals surface area contributed by atoms with Crippen molar-refractivity contribution >= 4 is 30.6 Å². The molecule has 0 radical (unpaired) electrons. The molecule has 0 unspecified atom stereocenters. The van der Waals surface area contributed by atoms with Crippen molar-refractivity contribution in [2.75, 3.05) is 7.11 Å². The van der Waals surface area contributed by atoms with Crippen LogP contribution in [0.25, 0.3) is 0 Å². The summed E-state index contributed by atoms with van der Waals surface area (Å²) in [4.78, 5) is 25.8. The van der Waals surface area contributed by atoms with E-state index in [1.165, 1.54) is 17.5 Å². The molecule has 0 bridgehead atoms. The summed E-state index contributed by atoms with van der Waals surface area (Å²) in [5.74, 6) is -1.83. The van der Waals surface area contributed by atoms with Crippen LogP contribution in [-0.2, 0) is 23.5 Å². The van der Waals surface area contributed by atoms with E-state index in [1.54, 1.807) is 0 Å². The van der Waals surface area contributed by atoms with Crippen LogP contribution in [0.3, 0.4) is 0 Å². The molecule has 1 aliphatic carbocycles. The van der Waals surface area contributed by atoms with Gasteiger partial charge < -0.3 is 13.9 Å². The van der Waals surface area contributed by atoms with Crippen molar-refractivity contribution in [1.82, 2.24) is 0 Å². The fourth-order valence-corrected chi connectivity index (χ4v) is 9.98. The average molecular weight is 497 g/mol. The molecule has 2 aromatic carbocycles. The van der Waals surface area contributed by atoms with Gasteiger partial charge in [-0.25, -0.2) is 0 Å². The van der Waals surface area contributed by atoms with Gasteiger partial charge in [-0.15, -0.1) is 0 Å². The summed E-state index contributed by atoms with van der Waals surface area (Å²) in [7, 11) is -1.39. The van der Waals surface area contributed by atoms with Gasteiger partial charge in [-0.1, -0.05) is 81.4 Å². The molecule has 1 fully saturated rings. The predicted octanol–water partition coefficient (Wildman–Crippen LogP) is 4.86. The lowest BCUT2D eigenvalue weighted by Gasteiger charge is -2.47. The van der Waals surface area contributed by atoms with E-state index in [9.17, 15) is 9.59 Å². The minimum absolute atomic E-state index is 0.168. The normalized spacial score (nSPS) is 21.3. The fourth-order valence-electron chi connectivity index (χ4n) is 5.25. The summed E-state index contributed by atoms with van der Waals surface area (Å²) in [6, 6.07) is 20.9. The fraction of sp³-hybridized carbons (Fsp3) is 0.517. The summed E-state index contributed by atoms with van der Waals surface area (Å²) in [5, 5.41) is 2.23. The van der Waals surface area contributed by atoms with Gasteiger partial charge in [0.05, 0.1) is 18.9 Å². The lowest BCUT2D eigenvalue weighted by atomic mass is 9.78. The zero-order chi connectivity index (χ0) is 25.9. The average Bonchev–Trinajstić information content (AvgIpc) is 2.81. The smallest absolute Gasteiger partial charge is 0.310 e. The maximum Gasteiger partial charge on any atom is 0.310 e. The zero-order valence-corrected chi connectivity index (χ0v) is 23.2. The van der Waals surface area contributed by atoms with Crippen LogP contribution in [0, 0.1) is 11.8 Å². The van der Waals surface area contributed by atoms with E-state index in [2.05, 4.69) is 69.3 Å². The van der Waals surface area contributed by atoms with Crippen molar-refractivity contribution in [3.8, 4) is 0 Å². The Morgan fingerprint density at radius 1 is 0.771 bits per heavy atom. The summed E-state index contributed by atoms with van der Waals surface area (Å²) in [5.41, 5.74) is -0.611. The molecule has 6 heteroatoms. The van der Waals surface area contributed by atoms with Crippen molar-refractivity contribution in [2.45, 2.75) is 77.5 Å². The molecule has 0 saturated heterocycles. The third kappa shape index (κ3) is 6.04. The van der Waals surface area contributed by atoms with Gasteiger partial charge in [0.15, 0.2) is 0 Å². The molecular weight excluding hydrogens is 456 g/mol. The first-order chi connectivity index (χ1) is 16.4. The molecule has 0 aliphatic heterocycles. The number of esters is 2. The molecule has 5 nitrogen and oxygen atoms in total. The first-order valence-electron chi connectivity index (χ1n) is 12.5. The number of methoxy groups -OCH3 is 1. The van der Waals surface area contributed by atoms with Crippen LogP contribution in [0.1, 0.15) is 60.8 Å². The molecule has 0 amide bonds. The third-order valence-corrected chi connectivity index (χ3v) is 11.9. The van der Waals surface area contributed by atoms with Gasteiger partial charge in [0.25, 0.3) is 8.32 Å². The second-order valence-corrected chi connectivity index (χ2v) is 15.7. The highest BCUT2D eigenvalue weighted by Gasteiger charge is 2.53. The van der Waals surface area contributed by atoms with E-state index in [-0.39, 0.29) is 23.1 Å². The largest absolute Gasteiger partial charge is 0.469 e. The molecule has 190 valence electrons. The van der Waals surface area contributed by atoms with Crippen molar-refractivity contribution < 1.29 is 23.5 Å². The van der Waals surface area contributed by atoms with Crippen LogP contribution in [0.5, 0.6) is 0 Å². The molecule has 35 heavy (non-hydrogen) atoms. The van der Waals surface area contributed by atoms with Crippen LogP contribution in [-0.4, -0.2) is 39.1 Å². The lowest BCUT2D eigenvalue weighted by molar-refractivity contribution is -0.170. The number of carbonyl (C=O) groups excluding carboxylic acids is 2. The number of hydrogen-bond donors (Lipinski definition) is 0. The Kier molecular flexibility index (Phi) is 8.27. The summed E-state index contributed by atoms with van der Waals surface area (Å²) >= 11 is 0. The molecule has 0 heterocycles. The standard InChI is InChI=1S/C29H40O5Si/c1-28(2,3)33-27(31)24-19-18-21(20-25(24)26(30)32-7)34-35(29(4,5)6,22-14-10-8-11-15-22)23-16-12-9-13-17-23/h8-17,21,24-25H,18-20H2,1-7H3/t21-,24+,25-/m0/s1. The minimum Gasteiger partial charge on any atom is -0.469 e. The van der Waals surface area contributed by atoms with Gasteiger partial charge in [0.1, 0.15) is 5.60 Å². The quantitative estimate of drug-likeness (QED) is 0.422. The monoisotopic (exact) mass is 496 g/mol. The third-order valence-electron chi connectivity index (χ3n) is 6.78. The van der Waals surface area contributed by atoms with Crippen LogP contribution in [0.2, 0.25) is 5.04 Å². The van der Waals surface area contributed by atoms with Gasteiger partial charge in [0.2, 0.25) is 0 Å². The lowest BCUT2D eigenvalue weighted by Crippen LogP contribution is -2.68. The molecule has 2 aromatic rings. The van der Waals surface area contributed by atoms with Crippen LogP contribution < -0.4 is 10.4 Å². The Morgan fingerprint density at radius 2 is 1.29 bits per heavy atom. The summed E-state index contributed by atoms with van der Waals surface area (Å²) < 4.78 is 18.0. The highest BCUT2D eigenvalue weighted by atomic mass is 28.4. The highest BCUT2D eigenvalue weighted by molar-refractivity contribution is 6.99. The van der Waals surface area contributed by atoms with Gasteiger partial charge >= 0.3 is 11.9 Å². The molecule has 3 rings (SSSR count). The van der Waals surface area contributed by atoms with Gasteiger partial charge in [0, 0.05) is 6.10 Å². The first-order valence-corrected chi connectivity index (χ1v) is 14.4. The van der Waals surface area contributed by atoms with Crippen molar-refractivity contribution in [3.05, 3.63) is 60.7 Å². The maximum atomic E-state index is 13.0. The number of hydrogen-bond acceptors (Lipinski definition) is 5. The van der Waals surface area contributed by atoms with Crippen LogP contribution in [0.4, 0.5) is 0 Å². The van der Waals surface area contributed by atoms with Gasteiger partial charge in [-0.05, 0) is 55.4 Å². The van der Waals surface area contributed by atoms with Crippen molar-refractivity contribution in [2.24, 2.45) is 11.8 Å². The van der Waals surface area contributed by atoms with E-state index in [0.29, 0.717) is 19.3 Å². The maximum absolute atomic E-state index is 13.0. The van der Waals surface area contributed by atoms with E-state index in [0.717, 1.165) is 0 Å². The Morgan fingerprint density at radius 3 is 1.71 bits per heavy atom.